The van der Waals surface area contributed by atoms with Gasteiger partial charge >= 0.3 is 6.09 Å². The molecule has 16 heteroatoms. The van der Waals surface area contributed by atoms with E-state index in [0.29, 0.717) is 30.4 Å². The number of nitrogens with zero attached hydrogens (tertiary/aromatic N) is 2. The molecule has 2 aliphatic rings. The molecular formula is C40H57N5O10S. The topological polar surface area (TPSA) is 199 Å². The van der Waals surface area contributed by atoms with Crippen molar-refractivity contribution in [2.24, 2.45) is 5.41 Å². The maximum Gasteiger partial charge on any atom is 0.408 e. The first kappa shape index (κ1) is 44.0. The lowest BCUT2D eigenvalue weighted by Crippen LogP contribution is -2.62. The van der Waals surface area contributed by atoms with Gasteiger partial charge in [-0.3, -0.25) is 23.9 Å². The van der Waals surface area contributed by atoms with Crippen LogP contribution >= 0.6 is 0 Å². The van der Waals surface area contributed by atoms with E-state index in [1.807, 2.05) is 26.8 Å². The number of alkyl carbamates (subject to hydrolysis) is 1. The van der Waals surface area contributed by atoms with E-state index in [2.05, 4.69) is 20.3 Å². The maximum absolute atomic E-state index is 14.6. The van der Waals surface area contributed by atoms with Gasteiger partial charge in [0.2, 0.25) is 27.7 Å². The first-order valence-corrected chi connectivity index (χ1v) is 20.6. The first-order chi connectivity index (χ1) is 26.0. The van der Waals surface area contributed by atoms with Gasteiger partial charge in [0, 0.05) is 24.4 Å². The van der Waals surface area contributed by atoms with E-state index in [1.54, 1.807) is 65.3 Å². The molecule has 2 aromatic rings. The SMILES string of the molecule is CCC[C@@](C)(NC(=O)[C@@H]1C[C@@H](Oc2nccc3cc(OC)ccc23)CN1C(=O)[C@H](CCC(=O)/C=C/C(C)(C)C)NC(=O)OC(C)(C)C)C(=O)NS(=O)(=O)C1CC1. The fraction of sp³-hybridized carbons (Fsp3) is 0.600. The normalized spacial score (nSPS) is 19.2. The Bertz CT molecular complexity index is 1930. The summed E-state index contributed by atoms with van der Waals surface area (Å²) in [5, 5.41) is 6.14. The zero-order chi connectivity index (χ0) is 41.6. The summed E-state index contributed by atoms with van der Waals surface area (Å²) in [7, 11) is -2.37. The molecule has 0 radical (unpaired) electrons. The second kappa shape index (κ2) is 17.6. The molecule has 1 aliphatic heterocycles. The zero-order valence-corrected chi connectivity index (χ0v) is 34.7. The molecular weight excluding hydrogens is 743 g/mol. The van der Waals surface area contributed by atoms with Gasteiger partial charge < -0.3 is 29.7 Å². The predicted octanol–water partition coefficient (Wildman–Crippen LogP) is 4.72. The number of amides is 4. The number of methoxy groups -OCH3 is 1. The number of nitrogens with one attached hydrogen (secondary N) is 3. The van der Waals surface area contributed by atoms with Crippen LogP contribution in [0.2, 0.25) is 0 Å². The van der Waals surface area contributed by atoms with Crippen LogP contribution in [0.25, 0.3) is 10.8 Å². The van der Waals surface area contributed by atoms with Gasteiger partial charge in [-0.1, -0.05) is 40.2 Å². The maximum atomic E-state index is 14.6. The molecule has 1 saturated heterocycles. The molecule has 4 atom stereocenters. The predicted molar refractivity (Wildman–Crippen MR) is 210 cm³/mol. The average Bonchev–Trinajstić information content (AvgIpc) is 3.88. The minimum Gasteiger partial charge on any atom is -0.497 e. The lowest BCUT2D eigenvalue weighted by Gasteiger charge is -2.33. The van der Waals surface area contributed by atoms with Crippen molar-refractivity contribution >= 4 is 50.4 Å². The van der Waals surface area contributed by atoms with Crippen LogP contribution in [0.15, 0.2) is 42.6 Å². The van der Waals surface area contributed by atoms with Gasteiger partial charge in [-0.15, -0.1) is 0 Å². The molecule has 56 heavy (non-hydrogen) atoms. The summed E-state index contributed by atoms with van der Waals surface area (Å²) in [6.07, 6.45) is 4.25. The molecule has 2 fully saturated rings. The van der Waals surface area contributed by atoms with E-state index in [9.17, 15) is 32.4 Å². The van der Waals surface area contributed by atoms with Crippen LogP contribution in [0.3, 0.4) is 0 Å². The zero-order valence-electron chi connectivity index (χ0n) is 33.9. The van der Waals surface area contributed by atoms with Crippen molar-refractivity contribution in [2.75, 3.05) is 13.7 Å². The molecule has 15 nitrogen and oxygen atoms in total. The Kier molecular flexibility index (Phi) is 13.8. The van der Waals surface area contributed by atoms with E-state index in [-0.39, 0.29) is 49.3 Å². The highest BCUT2D eigenvalue weighted by atomic mass is 32.2. The van der Waals surface area contributed by atoms with Gasteiger partial charge in [-0.2, -0.15) is 0 Å². The van der Waals surface area contributed by atoms with Crippen molar-refractivity contribution in [1.29, 1.82) is 0 Å². The monoisotopic (exact) mass is 799 g/mol. The van der Waals surface area contributed by atoms with Gasteiger partial charge in [0.15, 0.2) is 5.78 Å². The van der Waals surface area contributed by atoms with Crippen LogP contribution in [0.1, 0.15) is 100 Å². The highest BCUT2D eigenvalue weighted by molar-refractivity contribution is 7.91. The van der Waals surface area contributed by atoms with Crippen molar-refractivity contribution in [2.45, 2.75) is 135 Å². The van der Waals surface area contributed by atoms with Crippen molar-refractivity contribution in [1.82, 2.24) is 25.2 Å². The molecule has 3 N–H and O–H groups in total. The van der Waals surface area contributed by atoms with E-state index >= 15 is 0 Å². The lowest BCUT2D eigenvalue weighted by molar-refractivity contribution is -0.142. The second-order valence-electron chi connectivity index (χ2n) is 16.8. The summed E-state index contributed by atoms with van der Waals surface area (Å²) in [4.78, 5) is 74.1. The molecule has 0 spiro atoms. The Morgan fingerprint density at radius 1 is 1.04 bits per heavy atom. The number of hydrogen-bond donors (Lipinski definition) is 3. The average molecular weight is 800 g/mol. The standard InChI is InChI=1S/C40H57N5O10S/c1-10-19-40(8,36(49)44-56(51,52)29-13-14-29)43-33(47)32-23-28(54-34-30-15-12-27(53-9)22-25(30)18-21-41-34)24-45(32)35(48)31(42-37(50)55-39(5,6)7)16-11-26(46)17-20-38(2,3)4/h12,15,17-18,20-22,28-29,31-32H,10-11,13-14,16,19,23-24H2,1-9H3,(H,42,50)(H,43,47)(H,44,49)/b20-17+/t28-,31+,32+,40-/m1/s1. The summed E-state index contributed by atoms with van der Waals surface area (Å²) >= 11 is 0. The van der Waals surface area contributed by atoms with Crippen LogP contribution < -0.4 is 24.8 Å². The number of ether oxygens (including phenoxy) is 3. The van der Waals surface area contributed by atoms with Crippen LogP contribution in [0.5, 0.6) is 11.6 Å². The summed E-state index contributed by atoms with van der Waals surface area (Å²) in [6.45, 7) is 13.9. The quantitative estimate of drug-likeness (QED) is 0.199. The number of pyridine rings is 1. The Hall–Kier alpha value is -4.73. The largest absolute Gasteiger partial charge is 0.497 e. The first-order valence-electron chi connectivity index (χ1n) is 19.0. The molecule has 0 bridgehead atoms. The van der Waals surface area contributed by atoms with E-state index < -0.39 is 68.4 Å². The molecule has 1 aromatic heterocycles. The van der Waals surface area contributed by atoms with E-state index in [0.717, 1.165) is 5.39 Å². The number of aromatic nitrogens is 1. The summed E-state index contributed by atoms with van der Waals surface area (Å²) < 4.78 is 44.8. The minimum absolute atomic E-state index is 0.0393. The van der Waals surface area contributed by atoms with Crippen LogP contribution in [0, 0.1) is 5.41 Å². The molecule has 1 aliphatic carbocycles. The molecule has 1 saturated carbocycles. The van der Waals surface area contributed by atoms with Crippen molar-refractivity contribution in [3.05, 3.63) is 42.6 Å². The number of benzene rings is 1. The minimum atomic E-state index is -3.93. The number of carbonyl (C=O) groups excluding carboxylic acids is 5. The number of ketones is 1. The molecule has 0 unspecified atom stereocenters. The van der Waals surface area contributed by atoms with Gasteiger partial charge in [0.25, 0.3) is 5.91 Å². The Morgan fingerprint density at radius 2 is 1.73 bits per heavy atom. The number of fused-ring (bicyclic) bond motifs is 1. The molecule has 2 heterocycles. The molecule has 4 amide bonds. The number of likely N-dealkylation sites (tertiary alicyclic amines) is 1. The summed E-state index contributed by atoms with van der Waals surface area (Å²) in [6, 6.07) is 4.63. The highest BCUT2D eigenvalue weighted by Gasteiger charge is 2.47. The smallest absolute Gasteiger partial charge is 0.408 e. The lowest BCUT2D eigenvalue weighted by atomic mass is 9.94. The third-order valence-electron chi connectivity index (χ3n) is 9.35. The molecule has 1 aromatic carbocycles. The van der Waals surface area contributed by atoms with Gasteiger partial charge in [0.05, 0.1) is 18.9 Å². The van der Waals surface area contributed by atoms with Crippen molar-refractivity contribution in [3.63, 3.8) is 0 Å². The van der Waals surface area contributed by atoms with Crippen molar-refractivity contribution < 1.29 is 46.6 Å². The summed E-state index contributed by atoms with van der Waals surface area (Å²) in [5.74, 6) is -1.67. The van der Waals surface area contributed by atoms with Gasteiger partial charge in [-0.25, -0.2) is 18.2 Å². The fourth-order valence-corrected chi connectivity index (χ4v) is 7.70. The number of sulfonamides is 1. The second-order valence-corrected chi connectivity index (χ2v) is 18.8. The fourth-order valence-electron chi connectivity index (χ4n) is 6.29. The van der Waals surface area contributed by atoms with Crippen LogP contribution in [-0.4, -0.2) is 96.1 Å². The van der Waals surface area contributed by atoms with Crippen LogP contribution in [0.4, 0.5) is 4.79 Å². The third kappa shape index (κ3) is 12.1. The Balaban J connectivity index is 1.68. The number of rotatable bonds is 16. The number of carbonyl (C=O) groups is 5. The van der Waals surface area contributed by atoms with Gasteiger partial charge in [-0.05, 0) is 94.5 Å². The highest BCUT2D eigenvalue weighted by Crippen LogP contribution is 2.32. The third-order valence-corrected chi connectivity index (χ3v) is 11.2. The van der Waals surface area contributed by atoms with E-state index in [4.69, 9.17) is 14.2 Å². The number of hydrogen-bond acceptors (Lipinski definition) is 11. The van der Waals surface area contributed by atoms with Crippen molar-refractivity contribution in [3.8, 4) is 11.6 Å². The summed E-state index contributed by atoms with van der Waals surface area (Å²) in [5.41, 5.74) is -2.82. The molecule has 4 rings (SSSR count). The molecule has 308 valence electrons. The van der Waals surface area contributed by atoms with Gasteiger partial charge in [0.1, 0.15) is 35.1 Å². The Labute approximate surface area is 329 Å². The van der Waals surface area contributed by atoms with Crippen LogP contribution in [-0.2, 0) is 33.9 Å². The Morgan fingerprint density at radius 3 is 2.34 bits per heavy atom. The van der Waals surface area contributed by atoms with E-state index in [1.165, 1.54) is 17.9 Å². The number of allylic oxidation sites excluding steroid dienone is 2.